The first-order chi connectivity index (χ1) is 12.6. The summed E-state index contributed by atoms with van der Waals surface area (Å²) in [5.74, 6) is 1.93. The summed E-state index contributed by atoms with van der Waals surface area (Å²) < 4.78 is 14.1. The van der Waals surface area contributed by atoms with Gasteiger partial charge in [0.05, 0.1) is 10.8 Å². The van der Waals surface area contributed by atoms with Crippen molar-refractivity contribution in [3.8, 4) is 0 Å². The smallest absolute Gasteiger partial charge is 0.253 e. The van der Waals surface area contributed by atoms with Crippen molar-refractivity contribution >= 4 is 28.3 Å². The molecule has 0 bridgehead atoms. The summed E-state index contributed by atoms with van der Waals surface area (Å²) in [6.45, 7) is 6.32. The number of hydrogen-bond acceptors (Lipinski definition) is 5. The van der Waals surface area contributed by atoms with Crippen molar-refractivity contribution in [2.24, 2.45) is 0 Å². The second-order valence-electron chi connectivity index (χ2n) is 6.18. The maximum Gasteiger partial charge on any atom is 0.253 e. The van der Waals surface area contributed by atoms with Crippen molar-refractivity contribution in [1.29, 1.82) is 0 Å². The first kappa shape index (κ1) is 19.0. The van der Waals surface area contributed by atoms with Gasteiger partial charge in [-0.2, -0.15) is 4.98 Å². The lowest BCUT2D eigenvalue weighted by Crippen LogP contribution is -2.05. The third-order valence-electron chi connectivity index (χ3n) is 4.32. The van der Waals surface area contributed by atoms with Gasteiger partial charge in [0.25, 0.3) is 5.78 Å². The molecule has 5 nitrogen and oxygen atoms in total. The maximum atomic E-state index is 12.3. The molecule has 3 aromatic rings. The van der Waals surface area contributed by atoms with Gasteiger partial charge >= 0.3 is 0 Å². The Morgan fingerprint density at radius 1 is 1.15 bits per heavy atom. The molecule has 0 aliphatic heterocycles. The molecule has 2 aromatic heterocycles. The Kier molecular flexibility index (Phi) is 6.43. The van der Waals surface area contributed by atoms with Gasteiger partial charge in [0.1, 0.15) is 0 Å². The van der Waals surface area contributed by atoms with Crippen LogP contribution in [0.25, 0.3) is 5.78 Å². The Labute approximate surface area is 161 Å². The predicted octanol–water partition coefficient (Wildman–Crippen LogP) is 3.98. The van der Waals surface area contributed by atoms with Crippen molar-refractivity contribution in [3.05, 3.63) is 47.3 Å². The number of benzene rings is 1. The molecule has 7 heteroatoms. The topological polar surface area (TPSA) is 60.2 Å². The molecule has 0 amide bonds. The van der Waals surface area contributed by atoms with E-state index in [1.165, 1.54) is 17.3 Å². The van der Waals surface area contributed by atoms with Crippen LogP contribution in [0.2, 0.25) is 0 Å². The molecule has 0 saturated heterocycles. The van der Waals surface area contributed by atoms with Crippen LogP contribution in [0.1, 0.15) is 36.7 Å². The van der Waals surface area contributed by atoms with E-state index in [1.54, 1.807) is 0 Å². The second kappa shape index (κ2) is 8.77. The SMILES string of the molecule is CCCCc1c(C)nc2nc(SCCS(=O)c3ccccc3)nn2c1C. The standard InChI is InChI=1S/C19H24N4OS2/c1-4-5-11-17-14(2)20-18-21-19(22-23(18)15(17)3)25-12-13-26(24)16-9-7-6-8-10-16/h6-10H,4-5,11-13H2,1-3H3. The summed E-state index contributed by atoms with van der Waals surface area (Å²) in [5, 5.41) is 5.29. The Bertz CT molecular complexity index is 909. The number of unbranched alkanes of at least 4 members (excludes halogenated alkanes) is 1. The van der Waals surface area contributed by atoms with Gasteiger partial charge in [-0.3, -0.25) is 4.21 Å². The molecular weight excluding hydrogens is 364 g/mol. The van der Waals surface area contributed by atoms with Gasteiger partial charge in [-0.1, -0.05) is 43.3 Å². The molecule has 0 saturated carbocycles. The molecule has 2 heterocycles. The lowest BCUT2D eigenvalue weighted by atomic mass is 10.1. The zero-order chi connectivity index (χ0) is 18.5. The molecule has 138 valence electrons. The molecule has 3 rings (SSSR count). The number of nitrogens with zero attached hydrogens (tertiary/aromatic N) is 4. The highest BCUT2D eigenvalue weighted by atomic mass is 32.2. The number of thioether (sulfide) groups is 1. The monoisotopic (exact) mass is 388 g/mol. The van der Waals surface area contributed by atoms with E-state index in [4.69, 9.17) is 0 Å². The van der Waals surface area contributed by atoms with Gasteiger partial charge in [-0.25, -0.2) is 9.50 Å². The van der Waals surface area contributed by atoms with Crippen molar-refractivity contribution in [3.63, 3.8) is 0 Å². The van der Waals surface area contributed by atoms with E-state index in [0.29, 0.717) is 22.4 Å². The molecular formula is C19H24N4OS2. The Morgan fingerprint density at radius 3 is 2.65 bits per heavy atom. The fraction of sp³-hybridized carbons (Fsp3) is 0.421. The highest BCUT2D eigenvalue weighted by Crippen LogP contribution is 2.20. The molecule has 0 spiro atoms. The Hall–Kier alpha value is -1.73. The lowest BCUT2D eigenvalue weighted by Gasteiger charge is -2.09. The van der Waals surface area contributed by atoms with Gasteiger partial charge in [0, 0.05) is 27.8 Å². The molecule has 26 heavy (non-hydrogen) atoms. The molecule has 0 radical (unpaired) electrons. The number of aryl methyl sites for hydroxylation is 2. The Morgan fingerprint density at radius 2 is 1.92 bits per heavy atom. The van der Waals surface area contributed by atoms with Crippen LogP contribution in [0.4, 0.5) is 0 Å². The van der Waals surface area contributed by atoms with E-state index in [1.807, 2.05) is 41.8 Å². The van der Waals surface area contributed by atoms with Crippen LogP contribution in [-0.2, 0) is 17.2 Å². The van der Waals surface area contributed by atoms with E-state index in [2.05, 4.69) is 28.9 Å². The van der Waals surface area contributed by atoms with E-state index in [9.17, 15) is 4.21 Å². The normalized spacial score (nSPS) is 12.6. The molecule has 1 unspecified atom stereocenters. The van der Waals surface area contributed by atoms with Crippen molar-refractivity contribution in [1.82, 2.24) is 19.6 Å². The van der Waals surface area contributed by atoms with E-state index >= 15 is 0 Å². The van der Waals surface area contributed by atoms with E-state index in [-0.39, 0.29) is 0 Å². The van der Waals surface area contributed by atoms with Crippen LogP contribution in [0, 0.1) is 13.8 Å². The first-order valence-electron chi connectivity index (χ1n) is 8.89. The van der Waals surface area contributed by atoms with E-state index < -0.39 is 10.8 Å². The molecule has 0 aliphatic rings. The average Bonchev–Trinajstić information content (AvgIpc) is 3.05. The highest BCUT2D eigenvalue weighted by Gasteiger charge is 2.14. The van der Waals surface area contributed by atoms with Crippen LogP contribution < -0.4 is 0 Å². The summed E-state index contributed by atoms with van der Waals surface area (Å²) >= 11 is 1.53. The molecule has 1 atom stereocenters. The van der Waals surface area contributed by atoms with Gasteiger partial charge in [-0.05, 0) is 44.4 Å². The third-order valence-corrected chi connectivity index (χ3v) is 6.79. The molecule has 1 aromatic carbocycles. The van der Waals surface area contributed by atoms with Crippen LogP contribution in [0.3, 0.4) is 0 Å². The summed E-state index contributed by atoms with van der Waals surface area (Å²) in [6.07, 6.45) is 3.33. The van der Waals surface area contributed by atoms with Gasteiger partial charge in [0.2, 0.25) is 5.16 Å². The van der Waals surface area contributed by atoms with Crippen LogP contribution in [0.15, 0.2) is 40.4 Å². The number of hydrogen-bond donors (Lipinski definition) is 0. The predicted molar refractivity (Wildman–Crippen MR) is 107 cm³/mol. The molecule has 0 fully saturated rings. The minimum absolute atomic E-state index is 0.581. The zero-order valence-corrected chi connectivity index (χ0v) is 17.1. The van der Waals surface area contributed by atoms with Crippen molar-refractivity contribution in [2.45, 2.75) is 50.1 Å². The van der Waals surface area contributed by atoms with Crippen LogP contribution in [-0.4, -0.2) is 35.3 Å². The summed E-state index contributed by atoms with van der Waals surface area (Å²) in [5.41, 5.74) is 3.43. The van der Waals surface area contributed by atoms with Crippen molar-refractivity contribution < 1.29 is 4.21 Å². The lowest BCUT2D eigenvalue weighted by molar-refractivity contribution is 0.684. The number of aromatic nitrogens is 4. The largest absolute Gasteiger partial charge is 0.254 e. The summed E-state index contributed by atoms with van der Waals surface area (Å²) in [7, 11) is -0.989. The minimum Gasteiger partial charge on any atom is -0.254 e. The third kappa shape index (κ3) is 4.32. The molecule has 0 aliphatic carbocycles. The quantitative estimate of drug-likeness (QED) is 0.546. The van der Waals surface area contributed by atoms with Crippen LogP contribution >= 0.6 is 11.8 Å². The second-order valence-corrected chi connectivity index (χ2v) is 8.81. The first-order valence-corrected chi connectivity index (χ1v) is 11.2. The summed E-state index contributed by atoms with van der Waals surface area (Å²) in [6, 6.07) is 9.56. The number of fused-ring (bicyclic) bond motifs is 1. The van der Waals surface area contributed by atoms with Gasteiger partial charge in [-0.15, -0.1) is 5.10 Å². The fourth-order valence-electron chi connectivity index (χ4n) is 2.87. The average molecular weight is 389 g/mol. The fourth-order valence-corrected chi connectivity index (χ4v) is 4.97. The van der Waals surface area contributed by atoms with Crippen LogP contribution in [0.5, 0.6) is 0 Å². The van der Waals surface area contributed by atoms with Crippen molar-refractivity contribution in [2.75, 3.05) is 11.5 Å². The molecule has 0 N–H and O–H groups in total. The van der Waals surface area contributed by atoms with E-state index in [0.717, 1.165) is 35.5 Å². The maximum absolute atomic E-state index is 12.3. The Balaban J connectivity index is 1.69. The van der Waals surface area contributed by atoms with Gasteiger partial charge in [0.15, 0.2) is 0 Å². The number of rotatable bonds is 8. The zero-order valence-electron chi connectivity index (χ0n) is 15.4. The minimum atomic E-state index is -0.989. The summed E-state index contributed by atoms with van der Waals surface area (Å²) in [4.78, 5) is 10.0. The highest BCUT2D eigenvalue weighted by molar-refractivity contribution is 8.00. The van der Waals surface area contributed by atoms with Gasteiger partial charge < -0.3 is 0 Å².